The average Bonchev–Trinajstić information content (AvgIpc) is 0.763. The van der Waals surface area contributed by atoms with Crippen LogP contribution in [0, 0.1) is 0 Å². The monoisotopic (exact) mass is 1640 g/mol. The minimum atomic E-state index is -2.92. The van der Waals surface area contributed by atoms with E-state index in [4.69, 9.17) is 15.1 Å². The molecule has 3 unspecified atom stereocenters. The van der Waals surface area contributed by atoms with Crippen LogP contribution in [0.3, 0.4) is 0 Å². The van der Waals surface area contributed by atoms with Gasteiger partial charge in [0.25, 0.3) is 0 Å². The summed E-state index contributed by atoms with van der Waals surface area (Å²) in [7, 11) is -2.92. The van der Waals surface area contributed by atoms with Crippen molar-refractivity contribution in [3.8, 4) is 0 Å². The second-order valence-electron chi connectivity index (χ2n) is 35.7. The molecule has 3 atom stereocenters. The van der Waals surface area contributed by atoms with Crippen molar-refractivity contribution < 1.29 is 28.5 Å². The Balaban J connectivity index is 0.000000275. The van der Waals surface area contributed by atoms with Crippen LogP contribution in [-0.2, 0) is 16.2 Å². The first-order valence-electron chi connectivity index (χ1n) is 49.3. The molecular weight excluding hydrogens is 1470 g/mol. The van der Waals surface area contributed by atoms with Crippen molar-refractivity contribution in [1.82, 2.24) is 0 Å². The van der Waals surface area contributed by atoms with Gasteiger partial charge in [0.05, 0.1) is 77.0 Å². The highest BCUT2D eigenvalue weighted by molar-refractivity contribution is 6.24. The van der Waals surface area contributed by atoms with E-state index < -0.39 is 7.32 Å². The standard InChI is InChI=1S/3C38H56N.BO3/c3*1-5-9-28-37(39(31-10-6-2,32-11-7-3)33-12-8-4)29-30-38(34-22-16-13-17-23-34,35-24-18-14-19-25-35)36-26-20-15-21-27-36;2-1(3)4/h3*13-27,37H,5-12,28-33H2,1-4H3;/q3*+1;-3. The SMILES string of the molecule is CCCCC(CCC(c1ccccc1)(c1ccccc1)c1ccccc1)[N+](CCCC)(CCCC)CCCC.CCCCC(CCC(c1ccccc1)(c1ccccc1)c1ccccc1)[N+](CCCC)(CCCC)CCCC.CCCCC(CCC(c1ccccc1)(c1ccccc1)c1ccccc1)[N+](CCCC)(CCCC)CCCC.[O-]B([O-])[O-]. The molecule has 0 aliphatic heterocycles. The van der Waals surface area contributed by atoms with Crippen LogP contribution < -0.4 is 15.1 Å². The maximum atomic E-state index is 8.42. The summed E-state index contributed by atoms with van der Waals surface area (Å²) in [5.74, 6) is 0. The van der Waals surface area contributed by atoms with Gasteiger partial charge in [-0.05, 0) is 166 Å². The summed E-state index contributed by atoms with van der Waals surface area (Å²) in [4.78, 5) is 0. The normalized spacial score (nSPS) is 12.7. The second kappa shape index (κ2) is 58.8. The molecule has 0 amide bonds. The van der Waals surface area contributed by atoms with E-state index in [-0.39, 0.29) is 16.2 Å². The van der Waals surface area contributed by atoms with E-state index >= 15 is 0 Å². The smallest absolute Gasteiger partial charge is 0.0890 e. The number of hydrogen-bond donors (Lipinski definition) is 0. The highest BCUT2D eigenvalue weighted by Gasteiger charge is 2.45. The van der Waals surface area contributed by atoms with Crippen LogP contribution in [-0.4, -0.2) is 97.8 Å². The van der Waals surface area contributed by atoms with Crippen LogP contribution in [0.15, 0.2) is 273 Å². The predicted octanol–water partition coefficient (Wildman–Crippen LogP) is 27.8. The molecule has 0 radical (unpaired) electrons. The van der Waals surface area contributed by atoms with Crippen molar-refractivity contribution in [3.63, 3.8) is 0 Å². The highest BCUT2D eigenvalue weighted by Crippen LogP contribution is 2.49. The number of hydrogen-bond acceptors (Lipinski definition) is 3. The molecule has 0 aromatic heterocycles. The lowest BCUT2D eigenvalue weighted by Crippen LogP contribution is -2.57. The van der Waals surface area contributed by atoms with Gasteiger partial charge in [-0.2, -0.15) is 0 Å². The average molecular weight is 1640 g/mol. The van der Waals surface area contributed by atoms with Gasteiger partial charge in [-0.1, -0.05) is 433 Å². The summed E-state index contributed by atoms with van der Waals surface area (Å²) in [6, 6.07) is 104. The van der Waals surface area contributed by atoms with Gasteiger partial charge in [0.2, 0.25) is 0 Å². The van der Waals surface area contributed by atoms with Gasteiger partial charge in [0.15, 0.2) is 0 Å². The third-order valence-electron chi connectivity index (χ3n) is 27.6. The maximum absolute atomic E-state index is 8.42. The summed E-state index contributed by atoms with van der Waals surface area (Å²) in [6.07, 6.45) is 42.9. The zero-order chi connectivity index (χ0) is 87.0. The lowest BCUT2D eigenvalue weighted by molar-refractivity contribution is -0.952. The summed E-state index contributed by atoms with van der Waals surface area (Å²) < 4.78 is 4.01. The largest absolute Gasteiger partial charge is 0.907 e. The molecule has 660 valence electrons. The van der Waals surface area contributed by atoms with Crippen molar-refractivity contribution in [2.75, 3.05) is 58.9 Å². The predicted molar refractivity (Wildman–Crippen MR) is 520 cm³/mol. The molecule has 7 heteroatoms. The Morgan fingerprint density at radius 2 is 0.306 bits per heavy atom. The molecule has 0 spiro atoms. The van der Waals surface area contributed by atoms with Gasteiger partial charge in [-0.3, -0.25) is 7.32 Å². The Bertz CT molecular complexity index is 3160. The summed E-state index contributed by atoms with van der Waals surface area (Å²) in [6.45, 7) is 40.6. The van der Waals surface area contributed by atoms with Crippen LogP contribution in [0.1, 0.15) is 345 Å². The van der Waals surface area contributed by atoms with Crippen molar-refractivity contribution >= 4 is 7.32 Å². The van der Waals surface area contributed by atoms with Gasteiger partial charge in [0.1, 0.15) is 0 Å². The molecule has 9 aromatic carbocycles. The number of benzene rings is 9. The fraction of sp³-hybridized carbons (Fsp3) is 0.526. The van der Waals surface area contributed by atoms with Crippen LogP contribution in [0.2, 0.25) is 0 Å². The molecule has 0 fully saturated rings. The lowest BCUT2D eigenvalue weighted by atomic mass is 9.66. The third kappa shape index (κ3) is 30.9. The van der Waals surface area contributed by atoms with Gasteiger partial charge >= 0.3 is 0 Å². The van der Waals surface area contributed by atoms with Crippen LogP contribution in [0.5, 0.6) is 0 Å². The minimum Gasteiger partial charge on any atom is -0.907 e. The Labute approximate surface area is 742 Å². The molecule has 9 aromatic rings. The zero-order valence-electron chi connectivity index (χ0n) is 78.6. The Morgan fingerprint density at radius 1 is 0.190 bits per heavy atom. The Kier molecular flexibility index (Phi) is 49.9. The Morgan fingerprint density at radius 3 is 0.413 bits per heavy atom. The van der Waals surface area contributed by atoms with Crippen LogP contribution in [0.25, 0.3) is 0 Å². The number of rotatable bonds is 57. The van der Waals surface area contributed by atoms with Gasteiger partial charge in [-0.15, -0.1) is 0 Å². The Hall–Kier alpha value is -7.20. The molecule has 6 nitrogen and oxygen atoms in total. The molecule has 0 heterocycles. The number of unbranched alkanes of at least 4 members (excludes halogenated alkanes) is 12. The van der Waals surface area contributed by atoms with Crippen LogP contribution >= 0.6 is 0 Å². The summed E-state index contributed by atoms with van der Waals surface area (Å²) >= 11 is 0. The van der Waals surface area contributed by atoms with Crippen LogP contribution in [0.4, 0.5) is 0 Å². The van der Waals surface area contributed by atoms with Crippen molar-refractivity contribution in [3.05, 3.63) is 323 Å². The lowest BCUT2D eigenvalue weighted by Gasteiger charge is -2.47. The number of nitrogens with zero attached hydrogens (tertiary/aromatic N) is 3. The van der Waals surface area contributed by atoms with Crippen molar-refractivity contribution in [2.24, 2.45) is 0 Å². The molecule has 0 saturated heterocycles. The second-order valence-corrected chi connectivity index (χ2v) is 35.7. The van der Waals surface area contributed by atoms with Gasteiger partial charge in [0, 0.05) is 35.5 Å². The zero-order valence-corrected chi connectivity index (χ0v) is 78.6. The molecule has 0 aliphatic rings. The van der Waals surface area contributed by atoms with E-state index in [0.717, 1.165) is 19.3 Å². The molecular formula is C114H168BN3O3. The highest BCUT2D eigenvalue weighted by atomic mass is 16.5. The van der Waals surface area contributed by atoms with E-state index in [1.807, 2.05) is 0 Å². The fourth-order valence-corrected chi connectivity index (χ4v) is 20.8. The first-order chi connectivity index (χ1) is 59.2. The molecule has 0 aliphatic carbocycles. The molecule has 0 saturated carbocycles. The van der Waals surface area contributed by atoms with Gasteiger partial charge in [-0.25, -0.2) is 0 Å². The first-order valence-corrected chi connectivity index (χ1v) is 49.3. The van der Waals surface area contributed by atoms with E-state index in [9.17, 15) is 0 Å². The molecule has 121 heavy (non-hydrogen) atoms. The molecule has 9 rings (SSSR count). The first kappa shape index (κ1) is 103. The molecule has 0 N–H and O–H groups in total. The van der Waals surface area contributed by atoms with E-state index in [2.05, 4.69) is 356 Å². The third-order valence-corrected chi connectivity index (χ3v) is 27.6. The quantitative estimate of drug-likeness (QED) is 0.0217. The minimum absolute atomic E-state index is 0.149. The summed E-state index contributed by atoms with van der Waals surface area (Å²) in [5.41, 5.74) is 12.3. The number of quaternary nitrogens is 3. The maximum Gasteiger partial charge on any atom is 0.0890 e. The topological polar surface area (TPSA) is 69.2 Å². The van der Waals surface area contributed by atoms with E-state index in [1.54, 1.807) is 0 Å². The van der Waals surface area contributed by atoms with Gasteiger partial charge < -0.3 is 28.5 Å². The molecule has 0 bridgehead atoms. The van der Waals surface area contributed by atoms with E-state index in [0.29, 0.717) is 18.1 Å². The fourth-order valence-electron chi connectivity index (χ4n) is 20.8. The van der Waals surface area contributed by atoms with E-state index in [1.165, 1.54) is 315 Å². The summed E-state index contributed by atoms with van der Waals surface area (Å²) in [5, 5.41) is 25.2. The van der Waals surface area contributed by atoms with Crippen molar-refractivity contribution in [1.29, 1.82) is 0 Å². The van der Waals surface area contributed by atoms with Crippen molar-refractivity contribution in [2.45, 2.75) is 329 Å².